The molecule has 3 aromatic rings. The fourth-order valence-electron chi connectivity index (χ4n) is 2.86. The average molecular weight is 394 g/mol. The van der Waals surface area contributed by atoms with E-state index in [4.69, 9.17) is 9.15 Å². The van der Waals surface area contributed by atoms with Gasteiger partial charge in [-0.15, -0.1) is 0 Å². The maximum Gasteiger partial charge on any atom is 0.311 e. The van der Waals surface area contributed by atoms with Crippen LogP contribution in [0.4, 0.5) is 11.4 Å². The molecule has 3 rings (SSSR count). The summed E-state index contributed by atoms with van der Waals surface area (Å²) in [5.74, 6) is -1.14. The number of hydrogen-bond donors (Lipinski definition) is 2. The van der Waals surface area contributed by atoms with Gasteiger partial charge in [0.05, 0.1) is 12.7 Å². The van der Waals surface area contributed by atoms with Crippen molar-refractivity contribution in [2.45, 2.75) is 33.3 Å². The Kier molecular flexibility index (Phi) is 5.97. The zero-order valence-corrected chi connectivity index (χ0v) is 16.4. The number of rotatable bonds is 6. The van der Waals surface area contributed by atoms with Gasteiger partial charge < -0.3 is 19.8 Å². The van der Waals surface area contributed by atoms with E-state index in [1.165, 1.54) is 20.1 Å². The maximum absolute atomic E-state index is 12.3. The third-order valence-electron chi connectivity index (χ3n) is 4.30. The van der Waals surface area contributed by atoms with E-state index >= 15 is 0 Å². The summed E-state index contributed by atoms with van der Waals surface area (Å²) in [5, 5.41) is 6.17. The van der Waals surface area contributed by atoms with Gasteiger partial charge in [-0.3, -0.25) is 14.4 Å². The van der Waals surface area contributed by atoms with E-state index in [9.17, 15) is 14.4 Å². The fourth-order valence-corrected chi connectivity index (χ4v) is 2.86. The number of aryl methyl sites for hydroxylation is 1. The average Bonchev–Trinajstić information content (AvgIpc) is 3.04. The second kappa shape index (κ2) is 8.60. The molecule has 29 heavy (non-hydrogen) atoms. The highest BCUT2D eigenvalue weighted by atomic mass is 16.5. The summed E-state index contributed by atoms with van der Waals surface area (Å²) in [4.78, 5) is 35.6. The first-order chi connectivity index (χ1) is 13.8. The molecule has 150 valence electrons. The fraction of sp³-hybridized carbons (Fsp3) is 0.227. The zero-order valence-electron chi connectivity index (χ0n) is 16.4. The van der Waals surface area contributed by atoms with Crippen LogP contribution in [0.5, 0.6) is 0 Å². The summed E-state index contributed by atoms with van der Waals surface area (Å²) in [7, 11) is 0. The monoisotopic (exact) mass is 394 g/mol. The molecule has 0 bridgehead atoms. The van der Waals surface area contributed by atoms with E-state index in [0.717, 1.165) is 10.9 Å². The number of anilines is 2. The maximum atomic E-state index is 12.3. The predicted molar refractivity (Wildman–Crippen MR) is 110 cm³/mol. The Bertz CT molecular complexity index is 1050. The number of esters is 1. The molecule has 0 saturated heterocycles. The van der Waals surface area contributed by atoms with Crippen LogP contribution in [0.25, 0.3) is 11.0 Å². The van der Waals surface area contributed by atoms with Crippen LogP contribution in [0, 0.1) is 6.92 Å². The highest BCUT2D eigenvalue weighted by Gasteiger charge is 2.19. The minimum atomic E-state index is -0.960. The summed E-state index contributed by atoms with van der Waals surface area (Å²) in [6.07, 6.45) is 0.587. The summed E-state index contributed by atoms with van der Waals surface area (Å²) in [5.41, 5.74) is 3.64. The third kappa shape index (κ3) is 5.22. The minimum absolute atomic E-state index is 0.0130. The van der Waals surface area contributed by atoms with Gasteiger partial charge in [0.1, 0.15) is 5.58 Å². The van der Waals surface area contributed by atoms with Gasteiger partial charge in [-0.25, -0.2) is 0 Å². The standard InChI is InChI=1S/C22H22N2O5/c1-13-4-9-19-16(12-28-20(19)10-13)11-21(26)29-14(2)22(27)24-18-7-5-17(6-8-18)23-15(3)25/h4-10,12,14H,11H2,1-3H3,(H,23,25)(H,24,27)/t14-/m1/s1. The Morgan fingerprint density at radius 2 is 1.69 bits per heavy atom. The molecular formula is C22H22N2O5. The van der Waals surface area contributed by atoms with Crippen molar-refractivity contribution >= 4 is 40.1 Å². The smallest absolute Gasteiger partial charge is 0.311 e. The number of ether oxygens (including phenoxy) is 1. The molecule has 1 heterocycles. The number of nitrogens with one attached hydrogen (secondary N) is 2. The lowest BCUT2D eigenvalue weighted by Crippen LogP contribution is -2.30. The van der Waals surface area contributed by atoms with Crippen molar-refractivity contribution in [3.63, 3.8) is 0 Å². The van der Waals surface area contributed by atoms with Gasteiger partial charge in [0, 0.05) is 29.2 Å². The first-order valence-corrected chi connectivity index (χ1v) is 9.16. The molecule has 0 unspecified atom stereocenters. The molecule has 7 heteroatoms. The van der Waals surface area contributed by atoms with Crippen molar-refractivity contribution in [3.8, 4) is 0 Å². The van der Waals surface area contributed by atoms with Gasteiger partial charge in [-0.1, -0.05) is 12.1 Å². The molecule has 0 aliphatic rings. The molecule has 0 saturated carbocycles. The molecule has 7 nitrogen and oxygen atoms in total. The number of fused-ring (bicyclic) bond motifs is 1. The first kappa shape index (κ1) is 20.1. The first-order valence-electron chi connectivity index (χ1n) is 9.16. The molecule has 2 amide bonds. The lowest BCUT2D eigenvalue weighted by molar-refractivity contribution is -0.152. The Hall–Kier alpha value is -3.61. The largest absolute Gasteiger partial charge is 0.464 e. The molecule has 0 spiro atoms. The molecular weight excluding hydrogens is 372 g/mol. The number of carbonyl (C=O) groups excluding carboxylic acids is 3. The lowest BCUT2D eigenvalue weighted by atomic mass is 10.1. The van der Waals surface area contributed by atoms with E-state index in [2.05, 4.69) is 10.6 Å². The predicted octanol–water partition coefficient (Wildman–Crippen LogP) is 3.81. The van der Waals surface area contributed by atoms with Crippen molar-refractivity contribution in [1.82, 2.24) is 0 Å². The van der Waals surface area contributed by atoms with Gasteiger partial charge in [0.25, 0.3) is 5.91 Å². The number of amides is 2. The summed E-state index contributed by atoms with van der Waals surface area (Å²) in [6.45, 7) is 4.89. The quantitative estimate of drug-likeness (QED) is 0.620. The van der Waals surface area contributed by atoms with Gasteiger partial charge in [-0.2, -0.15) is 0 Å². The van der Waals surface area contributed by atoms with Crippen LogP contribution < -0.4 is 10.6 Å². The van der Waals surface area contributed by atoms with Crippen LogP contribution in [0.2, 0.25) is 0 Å². The zero-order chi connectivity index (χ0) is 21.0. The van der Waals surface area contributed by atoms with Crippen molar-refractivity contribution in [3.05, 3.63) is 59.9 Å². The van der Waals surface area contributed by atoms with E-state index in [1.807, 2.05) is 25.1 Å². The summed E-state index contributed by atoms with van der Waals surface area (Å²) >= 11 is 0. The van der Waals surface area contributed by atoms with Crippen molar-refractivity contribution in [2.24, 2.45) is 0 Å². The molecule has 0 radical (unpaired) electrons. The van der Waals surface area contributed by atoms with Crippen LogP contribution in [-0.4, -0.2) is 23.9 Å². The third-order valence-corrected chi connectivity index (χ3v) is 4.30. The molecule has 0 aliphatic heterocycles. The normalized spacial score (nSPS) is 11.7. The van der Waals surface area contributed by atoms with E-state index in [1.54, 1.807) is 24.3 Å². The molecule has 2 aromatic carbocycles. The number of carbonyl (C=O) groups is 3. The molecule has 1 aromatic heterocycles. The Labute approximate surface area is 168 Å². The van der Waals surface area contributed by atoms with Gasteiger partial charge in [0.15, 0.2) is 6.10 Å². The molecule has 1 atom stereocenters. The van der Waals surface area contributed by atoms with Crippen LogP contribution in [-0.2, 0) is 25.5 Å². The highest BCUT2D eigenvalue weighted by Crippen LogP contribution is 2.23. The Morgan fingerprint density at radius 3 is 2.34 bits per heavy atom. The van der Waals surface area contributed by atoms with E-state index in [-0.39, 0.29) is 12.3 Å². The van der Waals surface area contributed by atoms with Crippen LogP contribution in [0.15, 0.2) is 53.1 Å². The number of furan rings is 1. The van der Waals surface area contributed by atoms with Crippen molar-refractivity contribution in [1.29, 1.82) is 0 Å². The second-order valence-corrected chi connectivity index (χ2v) is 6.82. The van der Waals surface area contributed by atoms with Crippen molar-refractivity contribution in [2.75, 3.05) is 10.6 Å². The van der Waals surface area contributed by atoms with E-state index in [0.29, 0.717) is 22.5 Å². The number of hydrogen-bond acceptors (Lipinski definition) is 5. The highest BCUT2D eigenvalue weighted by molar-refractivity contribution is 5.96. The number of benzene rings is 2. The van der Waals surface area contributed by atoms with Gasteiger partial charge >= 0.3 is 5.97 Å². The van der Waals surface area contributed by atoms with Crippen LogP contribution in [0.3, 0.4) is 0 Å². The van der Waals surface area contributed by atoms with Gasteiger partial charge in [0.2, 0.25) is 5.91 Å². The summed E-state index contributed by atoms with van der Waals surface area (Å²) < 4.78 is 10.7. The topological polar surface area (TPSA) is 97.6 Å². The van der Waals surface area contributed by atoms with Gasteiger partial charge in [-0.05, 0) is 49.7 Å². The lowest BCUT2D eigenvalue weighted by Gasteiger charge is -2.13. The molecule has 0 aliphatic carbocycles. The van der Waals surface area contributed by atoms with Crippen LogP contribution >= 0.6 is 0 Å². The van der Waals surface area contributed by atoms with Crippen molar-refractivity contribution < 1.29 is 23.5 Å². The summed E-state index contributed by atoms with van der Waals surface area (Å²) in [6, 6.07) is 12.4. The second-order valence-electron chi connectivity index (χ2n) is 6.82. The minimum Gasteiger partial charge on any atom is -0.464 e. The van der Waals surface area contributed by atoms with Crippen LogP contribution in [0.1, 0.15) is 25.0 Å². The Balaban J connectivity index is 1.55. The molecule has 0 fully saturated rings. The SMILES string of the molecule is CC(=O)Nc1ccc(NC(=O)[C@@H](C)OC(=O)Cc2coc3cc(C)ccc23)cc1. The molecule has 2 N–H and O–H groups in total. The van der Waals surface area contributed by atoms with E-state index < -0.39 is 18.0 Å². The Morgan fingerprint density at radius 1 is 1.03 bits per heavy atom.